The summed E-state index contributed by atoms with van der Waals surface area (Å²) in [5.74, 6) is -0.445. The second kappa shape index (κ2) is 9.14. The molecule has 0 fully saturated rings. The average molecular weight is 509 g/mol. The summed E-state index contributed by atoms with van der Waals surface area (Å²) in [6, 6.07) is 19.0. The fraction of sp³-hybridized carbons (Fsp3) is 0.185. The Labute approximate surface area is 212 Å². The zero-order valence-corrected chi connectivity index (χ0v) is 21.1. The van der Waals surface area contributed by atoms with E-state index in [0.717, 1.165) is 32.6 Å². The largest absolute Gasteiger partial charge is 0.340 e. The van der Waals surface area contributed by atoms with Crippen LogP contribution in [0.2, 0.25) is 10.0 Å². The number of imide groups is 1. The van der Waals surface area contributed by atoms with Crippen LogP contribution in [0.15, 0.2) is 65.6 Å². The molecule has 3 aromatic carbocycles. The van der Waals surface area contributed by atoms with E-state index in [-0.39, 0.29) is 11.8 Å². The molecule has 0 atom stereocenters. The maximum atomic E-state index is 12.9. The number of hydrogen-bond donors (Lipinski definition) is 0. The van der Waals surface area contributed by atoms with Crippen LogP contribution in [0.4, 0.5) is 0 Å². The molecule has 0 radical (unpaired) electrons. The van der Waals surface area contributed by atoms with E-state index in [1.165, 1.54) is 4.90 Å². The Morgan fingerprint density at radius 2 is 1.62 bits per heavy atom. The van der Waals surface area contributed by atoms with Gasteiger partial charge in [0.15, 0.2) is 0 Å². The van der Waals surface area contributed by atoms with Crippen molar-refractivity contribution >= 4 is 57.7 Å². The van der Waals surface area contributed by atoms with Gasteiger partial charge < -0.3 is 4.57 Å². The molecule has 172 valence electrons. The Balaban J connectivity index is 1.51. The van der Waals surface area contributed by atoms with Crippen LogP contribution in [-0.4, -0.2) is 34.1 Å². The second-order valence-corrected chi connectivity index (χ2v) is 10.0. The number of nitrogens with zero attached hydrogens (tertiary/aromatic N) is 2. The van der Waals surface area contributed by atoms with Crippen molar-refractivity contribution in [1.29, 1.82) is 0 Å². The van der Waals surface area contributed by atoms with Gasteiger partial charge in [0.2, 0.25) is 0 Å². The summed E-state index contributed by atoms with van der Waals surface area (Å²) in [4.78, 5) is 28.2. The predicted molar refractivity (Wildman–Crippen MR) is 140 cm³/mol. The van der Waals surface area contributed by atoms with E-state index >= 15 is 0 Å². The van der Waals surface area contributed by atoms with Gasteiger partial charge in [-0.15, -0.1) is 11.8 Å². The molecule has 0 unspecified atom stereocenters. The number of hydrogen-bond acceptors (Lipinski definition) is 3. The van der Waals surface area contributed by atoms with E-state index in [2.05, 4.69) is 35.9 Å². The van der Waals surface area contributed by atoms with Gasteiger partial charge in [-0.3, -0.25) is 14.5 Å². The quantitative estimate of drug-likeness (QED) is 0.211. The van der Waals surface area contributed by atoms with E-state index < -0.39 is 0 Å². The molecule has 0 saturated carbocycles. The molecule has 1 aliphatic heterocycles. The van der Waals surface area contributed by atoms with Crippen LogP contribution in [0.5, 0.6) is 0 Å². The molecule has 4 nitrogen and oxygen atoms in total. The second-order valence-electron chi connectivity index (χ2n) is 8.33. The minimum absolute atomic E-state index is 0.222. The first-order chi connectivity index (χ1) is 16.4. The Hall–Kier alpha value is -2.73. The van der Waals surface area contributed by atoms with Crippen LogP contribution >= 0.6 is 35.0 Å². The minimum atomic E-state index is -0.222. The fourth-order valence-corrected chi connectivity index (χ4v) is 5.57. The van der Waals surface area contributed by atoms with Crippen LogP contribution in [0, 0.1) is 6.92 Å². The Morgan fingerprint density at radius 1 is 0.912 bits per heavy atom. The minimum Gasteiger partial charge on any atom is -0.340 e. The number of carbonyl (C=O) groups is 2. The number of aromatic nitrogens is 1. The van der Waals surface area contributed by atoms with Crippen molar-refractivity contribution in [2.45, 2.75) is 24.8 Å². The molecule has 0 saturated heterocycles. The Kier molecular flexibility index (Phi) is 6.19. The van der Waals surface area contributed by atoms with Crippen molar-refractivity contribution in [1.82, 2.24) is 9.47 Å². The first kappa shape index (κ1) is 23.0. The first-order valence-corrected chi connectivity index (χ1v) is 12.9. The molecule has 4 aromatic rings. The topological polar surface area (TPSA) is 42.3 Å². The van der Waals surface area contributed by atoms with E-state index in [0.29, 0.717) is 40.7 Å². The molecule has 0 spiro atoms. The summed E-state index contributed by atoms with van der Waals surface area (Å²) in [5.41, 5.74) is 5.26. The molecular formula is C27H22Cl2N2O2S. The standard InChI is InChI=1S/C27H22Cl2N2O2S/c1-16-20(11-12-30-26(32)21-5-3-4-6-22(21)27(30)33)23-14-19(34-2)9-10-25(23)31(16)15-17-7-8-18(28)13-24(17)29/h3-10,13-14H,11-12,15H2,1-2H3. The van der Waals surface area contributed by atoms with Gasteiger partial charge in [0.1, 0.15) is 0 Å². The van der Waals surface area contributed by atoms with Gasteiger partial charge in [0, 0.05) is 44.6 Å². The van der Waals surface area contributed by atoms with Crippen LogP contribution < -0.4 is 0 Å². The van der Waals surface area contributed by atoms with Crippen LogP contribution in [0.25, 0.3) is 10.9 Å². The first-order valence-electron chi connectivity index (χ1n) is 10.9. The van der Waals surface area contributed by atoms with Crippen molar-refractivity contribution in [2.75, 3.05) is 12.8 Å². The van der Waals surface area contributed by atoms with E-state index in [4.69, 9.17) is 23.2 Å². The van der Waals surface area contributed by atoms with Gasteiger partial charge in [-0.1, -0.05) is 41.4 Å². The molecular weight excluding hydrogens is 487 g/mol. The lowest BCUT2D eigenvalue weighted by molar-refractivity contribution is 0.0656. The van der Waals surface area contributed by atoms with Crippen molar-refractivity contribution in [3.05, 3.63) is 98.7 Å². The summed E-state index contributed by atoms with van der Waals surface area (Å²) in [6.07, 6.45) is 2.63. The lowest BCUT2D eigenvalue weighted by Crippen LogP contribution is -2.31. The molecule has 0 N–H and O–H groups in total. The summed E-state index contributed by atoms with van der Waals surface area (Å²) in [5, 5.41) is 2.36. The van der Waals surface area contributed by atoms with Gasteiger partial charge in [-0.25, -0.2) is 0 Å². The van der Waals surface area contributed by atoms with Crippen molar-refractivity contribution in [2.24, 2.45) is 0 Å². The molecule has 1 aliphatic rings. The number of fused-ring (bicyclic) bond motifs is 2. The number of amides is 2. The lowest BCUT2D eigenvalue weighted by atomic mass is 10.1. The number of benzene rings is 3. The van der Waals surface area contributed by atoms with Crippen molar-refractivity contribution in [3.8, 4) is 0 Å². The molecule has 0 bridgehead atoms. The zero-order valence-electron chi connectivity index (χ0n) is 18.8. The number of halogens is 2. The Morgan fingerprint density at radius 3 is 2.26 bits per heavy atom. The number of rotatable bonds is 6. The molecule has 5 rings (SSSR count). The van der Waals surface area contributed by atoms with Gasteiger partial charge >= 0.3 is 0 Å². The normalized spacial score (nSPS) is 13.2. The third-order valence-electron chi connectivity index (χ3n) is 6.47. The predicted octanol–water partition coefficient (Wildman–Crippen LogP) is 6.87. The SMILES string of the molecule is CSc1ccc2c(c1)c(CCN1C(=O)c3ccccc3C1=O)c(C)n2Cc1ccc(Cl)cc1Cl. The molecule has 2 heterocycles. The molecule has 1 aromatic heterocycles. The van der Waals surface area contributed by atoms with Gasteiger partial charge in [0.25, 0.3) is 11.8 Å². The van der Waals surface area contributed by atoms with E-state index in [9.17, 15) is 9.59 Å². The maximum absolute atomic E-state index is 12.9. The lowest BCUT2D eigenvalue weighted by Gasteiger charge is -2.14. The monoisotopic (exact) mass is 508 g/mol. The smallest absolute Gasteiger partial charge is 0.261 e. The highest BCUT2D eigenvalue weighted by Gasteiger charge is 2.35. The number of thioether (sulfide) groups is 1. The van der Waals surface area contributed by atoms with Gasteiger partial charge in [0.05, 0.1) is 11.1 Å². The van der Waals surface area contributed by atoms with Crippen LogP contribution in [-0.2, 0) is 13.0 Å². The summed E-state index contributed by atoms with van der Waals surface area (Å²) in [6.45, 7) is 3.02. The third kappa shape index (κ3) is 3.92. The van der Waals surface area contributed by atoms with Crippen molar-refractivity contribution in [3.63, 3.8) is 0 Å². The highest BCUT2D eigenvalue weighted by molar-refractivity contribution is 7.98. The fourth-order valence-electron chi connectivity index (χ4n) is 4.66. The van der Waals surface area contributed by atoms with E-state index in [1.807, 2.05) is 12.1 Å². The zero-order chi connectivity index (χ0) is 24.0. The summed E-state index contributed by atoms with van der Waals surface area (Å²) in [7, 11) is 0. The number of carbonyl (C=O) groups excluding carboxylic acids is 2. The Bertz CT molecular complexity index is 1430. The third-order valence-corrected chi connectivity index (χ3v) is 7.78. The molecule has 2 amide bonds. The summed E-state index contributed by atoms with van der Waals surface area (Å²) >= 11 is 14.3. The summed E-state index contributed by atoms with van der Waals surface area (Å²) < 4.78 is 2.24. The molecule has 7 heteroatoms. The van der Waals surface area contributed by atoms with Crippen LogP contribution in [0.1, 0.15) is 37.5 Å². The van der Waals surface area contributed by atoms with E-state index in [1.54, 1.807) is 42.1 Å². The highest BCUT2D eigenvalue weighted by atomic mass is 35.5. The van der Waals surface area contributed by atoms with Gasteiger partial charge in [-0.05, 0) is 73.2 Å². The highest BCUT2D eigenvalue weighted by Crippen LogP contribution is 2.33. The van der Waals surface area contributed by atoms with Crippen LogP contribution in [0.3, 0.4) is 0 Å². The molecule has 0 aliphatic carbocycles. The van der Waals surface area contributed by atoms with Gasteiger partial charge in [-0.2, -0.15) is 0 Å². The maximum Gasteiger partial charge on any atom is 0.261 e. The molecule has 34 heavy (non-hydrogen) atoms. The van der Waals surface area contributed by atoms with Crippen molar-refractivity contribution < 1.29 is 9.59 Å². The average Bonchev–Trinajstić information content (AvgIpc) is 3.24.